The summed E-state index contributed by atoms with van der Waals surface area (Å²) in [6.07, 6.45) is 1.96. The third-order valence-corrected chi connectivity index (χ3v) is 2.23. The van der Waals surface area contributed by atoms with E-state index < -0.39 is 12.4 Å². The van der Waals surface area contributed by atoms with Gasteiger partial charge in [-0.05, 0) is 5.92 Å². The van der Waals surface area contributed by atoms with E-state index in [1.807, 2.05) is 13.8 Å². The maximum absolute atomic E-state index is 8.64. The molecule has 0 aliphatic carbocycles. The van der Waals surface area contributed by atoms with Gasteiger partial charge in [0.25, 0.3) is 0 Å². The molecule has 0 saturated carbocycles. The van der Waals surface area contributed by atoms with E-state index in [4.69, 9.17) is 21.6 Å². The summed E-state index contributed by atoms with van der Waals surface area (Å²) in [7, 11) is -1.39. The predicted molar refractivity (Wildman–Crippen MR) is 43.9 cm³/mol. The van der Waals surface area contributed by atoms with Crippen molar-refractivity contribution in [1.82, 2.24) is 0 Å². The average Bonchev–Trinajstić information content (AvgIpc) is 1.87. The van der Waals surface area contributed by atoms with Crippen molar-refractivity contribution in [3.8, 4) is 0 Å². The Morgan fingerprint density at radius 3 is 2.30 bits per heavy atom. The second-order valence-corrected chi connectivity index (χ2v) is 3.13. The maximum atomic E-state index is 8.64. The number of hydrogen-bond acceptors (Lipinski definition) is 2. The van der Waals surface area contributed by atoms with Crippen molar-refractivity contribution in [2.75, 3.05) is 0 Å². The van der Waals surface area contributed by atoms with Crippen molar-refractivity contribution in [2.24, 2.45) is 5.92 Å². The minimum atomic E-state index is -1.39. The molecule has 0 aromatic heterocycles. The van der Waals surface area contributed by atoms with E-state index >= 15 is 0 Å². The van der Waals surface area contributed by atoms with Crippen LogP contribution in [0.15, 0.2) is 0 Å². The van der Waals surface area contributed by atoms with Crippen molar-refractivity contribution in [2.45, 2.75) is 32.0 Å². The molecular weight excluding hydrogens is 150 g/mol. The standard InChI is InChI=1S/C6H14BClO2/c1-3-4-5(2)6(8)7(9)10/h5-6,9-10H,3-4H2,1-2H3/t5-,6+/m0/s1. The summed E-state index contributed by atoms with van der Waals surface area (Å²) in [6.45, 7) is 3.96. The molecule has 0 heterocycles. The highest BCUT2D eigenvalue weighted by molar-refractivity contribution is 6.57. The first-order valence-electron chi connectivity index (χ1n) is 3.59. The van der Waals surface area contributed by atoms with E-state index in [9.17, 15) is 0 Å². The minimum Gasteiger partial charge on any atom is -0.426 e. The van der Waals surface area contributed by atoms with Crippen molar-refractivity contribution in [3.05, 3.63) is 0 Å². The van der Waals surface area contributed by atoms with Crippen LogP contribution < -0.4 is 0 Å². The number of hydrogen-bond donors (Lipinski definition) is 2. The number of halogens is 1. The van der Waals surface area contributed by atoms with Gasteiger partial charge in [-0.2, -0.15) is 0 Å². The van der Waals surface area contributed by atoms with E-state index in [1.54, 1.807) is 0 Å². The molecule has 2 N–H and O–H groups in total. The molecule has 0 amide bonds. The lowest BCUT2D eigenvalue weighted by molar-refractivity contribution is 0.377. The van der Waals surface area contributed by atoms with Crippen LogP contribution in [0.3, 0.4) is 0 Å². The lowest BCUT2D eigenvalue weighted by Crippen LogP contribution is -2.31. The fourth-order valence-electron chi connectivity index (χ4n) is 0.908. The van der Waals surface area contributed by atoms with Gasteiger partial charge in [0.1, 0.15) is 0 Å². The molecule has 0 radical (unpaired) electrons. The summed E-state index contributed by atoms with van der Waals surface area (Å²) in [5, 5.41) is 16.8. The van der Waals surface area contributed by atoms with Gasteiger partial charge < -0.3 is 10.0 Å². The molecule has 0 spiro atoms. The van der Waals surface area contributed by atoms with Crippen LogP contribution >= 0.6 is 11.6 Å². The molecule has 4 heteroatoms. The van der Waals surface area contributed by atoms with Crippen LogP contribution in [0, 0.1) is 5.92 Å². The van der Waals surface area contributed by atoms with Crippen molar-refractivity contribution in [1.29, 1.82) is 0 Å². The zero-order valence-corrected chi connectivity index (χ0v) is 7.17. The van der Waals surface area contributed by atoms with Crippen LogP contribution in [-0.4, -0.2) is 22.4 Å². The van der Waals surface area contributed by atoms with Crippen molar-refractivity contribution < 1.29 is 10.0 Å². The Morgan fingerprint density at radius 1 is 1.50 bits per heavy atom. The zero-order valence-electron chi connectivity index (χ0n) is 6.42. The first-order valence-corrected chi connectivity index (χ1v) is 4.03. The monoisotopic (exact) mass is 164 g/mol. The van der Waals surface area contributed by atoms with Gasteiger partial charge in [0.2, 0.25) is 0 Å². The minimum absolute atomic E-state index is 0.173. The van der Waals surface area contributed by atoms with Crippen LogP contribution in [0.4, 0.5) is 0 Å². The summed E-state index contributed by atoms with van der Waals surface area (Å²) in [4.78, 5) is 0. The van der Waals surface area contributed by atoms with Crippen LogP contribution in [0.1, 0.15) is 26.7 Å². The summed E-state index contributed by atoms with van der Waals surface area (Å²) in [5.41, 5.74) is 0. The lowest BCUT2D eigenvalue weighted by atomic mass is 9.77. The van der Waals surface area contributed by atoms with Gasteiger partial charge in [0, 0.05) is 0 Å². The van der Waals surface area contributed by atoms with Gasteiger partial charge in [-0.3, -0.25) is 0 Å². The molecule has 60 valence electrons. The molecular formula is C6H14BClO2. The highest BCUT2D eigenvalue weighted by Crippen LogP contribution is 2.16. The first-order chi connectivity index (χ1) is 4.59. The van der Waals surface area contributed by atoms with E-state index in [-0.39, 0.29) is 5.92 Å². The Hall–Kier alpha value is 0.275. The Kier molecular flexibility index (Phi) is 5.13. The molecule has 0 aromatic carbocycles. The SMILES string of the molecule is CCC[C@H](C)[C@@H](Cl)B(O)O. The molecule has 0 bridgehead atoms. The van der Waals surface area contributed by atoms with E-state index in [2.05, 4.69) is 0 Å². The molecule has 2 atom stereocenters. The Balaban J connectivity index is 3.58. The molecule has 0 rings (SSSR count). The third-order valence-electron chi connectivity index (χ3n) is 1.57. The van der Waals surface area contributed by atoms with Gasteiger partial charge >= 0.3 is 7.12 Å². The summed E-state index contributed by atoms with van der Waals surface area (Å²) < 4.78 is 0. The quantitative estimate of drug-likeness (QED) is 0.481. The average molecular weight is 164 g/mol. The molecule has 2 nitrogen and oxygen atoms in total. The molecule has 10 heavy (non-hydrogen) atoms. The van der Waals surface area contributed by atoms with Gasteiger partial charge in [-0.15, -0.1) is 11.6 Å². The maximum Gasteiger partial charge on any atom is 0.470 e. The molecule has 0 fully saturated rings. The van der Waals surface area contributed by atoms with Gasteiger partial charge in [0.15, 0.2) is 0 Å². The fraction of sp³-hybridized carbons (Fsp3) is 1.00. The summed E-state index contributed by atoms with van der Waals surface area (Å²) in [5.74, 6) is 0.173. The van der Waals surface area contributed by atoms with Crippen LogP contribution in [0.5, 0.6) is 0 Å². The topological polar surface area (TPSA) is 40.5 Å². The second-order valence-electron chi connectivity index (χ2n) is 2.62. The Labute approximate surface area is 67.3 Å². The fourth-order valence-corrected chi connectivity index (χ4v) is 1.03. The molecule has 0 unspecified atom stereocenters. The lowest BCUT2D eigenvalue weighted by Gasteiger charge is -2.15. The first kappa shape index (κ1) is 10.3. The third kappa shape index (κ3) is 3.45. The van der Waals surface area contributed by atoms with Gasteiger partial charge in [-0.25, -0.2) is 0 Å². The Bertz CT molecular complexity index is 89.8. The predicted octanol–water partition coefficient (Wildman–Crippen LogP) is 1.04. The van der Waals surface area contributed by atoms with Crippen LogP contribution in [-0.2, 0) is 0 Å². The molecule has 0 aromatic rings. The molecule has 0 aliphatic heterocycles. The van der Waals surface area contributed by atoms with Gasteiger partial charge in [-0.1, -0.05) is 26.7 Å². The van der Waals surface area contributed by atoms with Crippen LogP contribution in [0.2, 0.25) is 0 Å². The van der Waals surface area contributed by atoms with Crippen LogP contribution in [0.25, 0.3) is 0 Å². The normalized spacial score (nSPS) is 16.5. The highest BCUT2D eigenvalue weighted by Gasteiger charge is 2.25. The molecule has 0 saturated heterocycles. The number of rotatable bonds is 4. The van der Waals surface area contributed by atoms with Crippen molar-refractivity contribution in [3.63, 3.8) is 0 Å². The number of alkyl halides is 1. The van der Waals surface area contributed by atoms with Crippen molar-refractivity contribution >= 4 is 18.7 Å². The van der Waals surface area contributed by atoms with Gasteiger partial charge in [0.05, 0.1) is 5.28 Å². The zero-order chi connectivity index (χ0) is 8.15. The summed E-state index contributed by atoms with van der Waals surface area (Å²) in [6, 6.07) is 0. The second kappa shape index (κ2) is 5.00. The smallest absolute Gasteiger partial charge is 0.426 e. The Morgan fingerprint density at radius 2 is 2.00 bits per heavy atom. The van der Waals surface area contributed by atoms with E-state index in [0.717, 1.165) is 12.8 Å². The highest BCUT2D eigenvalue weighted by atomic mass is 35.5. The van der Waals surface area contributed by atoms with E-state index in [0.29, 0.717) is 0 Å². The molecule has 0 aliphatic rings. The largest absolute Gasteiger partial charge is 0.470 e. The van der Waals surface area contributed by atoms with E-state index in [1.165, 1.54) is 0 Å². The summed E-state index contributed by atoms with van der Waals surface area (Å²) >= 11 is 5.64.